The zero-order valence-electron chi connectivity index (χ0n) is 49.8. The van der Waals surface area contributed by atoms with Gasteiger partial charge in [-0.05, 0) is 38.5 Å². The van der Waals surface area contributed by atoms with Crippen molar-refractivity contribution in [3.63, 3.8) is 0 Å². The third-order valence-corrected chi connectivity index (χ3v) is 16.4. The molecule has 0 spiro atoms. The second-order valence-corrected chi connectivity index (χ2v) is 23.6. The zero-order chi connectivity index (χ0) is 54.3. The van der Waals surface area contributed by atoms with Gasteiger partial charge < -0.3 is 40.3 Å². The number of aliphatic hydroxyl groups excluding tert-OH is 5. The van der Waals surface area contributed by atoms with E-state index in [4.69, 9.17) is 9.47 Å². The number of ether oxygens (including phenoxy) is 2. The molecule has 9 nitrogen and oxygen atoms in total. The van der Waals surface area contributed by atoms with Crippen LogP contribution in [0.25, 0.3) is 0 Å². The maximum Gasteiger partial charge on any atom is 0.220 e. The van der Waals surface area contributed by atoms with Crippen molar-refractivity contribution in [3.8, 4) is 0 Å². The second kappa shape index (κ2) is 56.2. The molecule has 1 heterocycles. The Balaban J connectivity index is 2.09. The minimum absolute atomic E-state index is 0.132. The maximum atomic E-state index is 13.1. The topological polar surface area (TPSA) is 149 Å². The van der Waals surface area contributed by atoms with Crippen molar-refractivity contribution >= 4 is 5.91 Å². The van der Waals surface area contributed by atoms with E-state index in [1.165, 1.54) is 283 Å². The van der Waals surface area contributed by atoms with E-state index in [0.29, 0.717) is 12.8 Å². The number of nitrogens with one attached hydrogen (secondary N) is 1. The number of rotatable bonds is 59. The van der Waals surface area contributed by atoms with Crippen molar-refractivity contribution in [1.82, 2.24) is 5.32 Å². The summed E-state index contributed by atoms with van der Waals surface area (Å²) in [6.45, 7) is 3.89. The molecule has 1 aliphatic rings. The summed E-state index contributed by atoms with van der Waals surface area (Å²) in [5.41, 5.74) is 0. The predicted molar refractivity (Wildman–Crippen MR) is 318 cm³/mol. The van der Waals surface area contributed by atoms with Crippen LogP contribution in [0.4, 0.5) is 0 Å². The molecule has 0 radical (unpaired) electrons. The lowest BCUT2D eigenvalue weighted by Crippen LogP contribution is -2.60. The molecule has 7 atom stereocenters. The van der Waals surface area contributed by atoms with Crippen molar-refractivity contribution in [2.45, 2.75) is 391 Å². The van der Waals surface area contributed by atoms with Gasteiger partial charge in [-0.15, -0.1) is 0 Å². The van der Waals surface area contributed by atoms with E-state index in [9.17, 15) is 30.3 Å². The number of unbranched alkanes of at least 4 members (excludes halogenated alkanes) is 47. The lowest BCUT2D eigenvalue weighted by Gasteiger charge is -2.40. The largest absolute Gasteiger partial charge is 0.394 e. The third-order valence-electron chi connectivity index (χ3n) is 16.4. The molecule has 1 aliphatic heterocycles. The Morgan fingerprint density at radius 1 is 0.440 bits per heavy atom. The predicted octanol–water partition coefficient (Wildman–Crippen LogP) is 17.5. The van der Waals surface area contributed by atoms with Crippen LogP contribution in [0.1, 0.15) is 348 Å². The minimum Gasteiger partial charge on any atom is -0.394 e. The number of amides is 1. The van der Waals surface area contributed by atoms with E-state index in [1.807, 2.05) is 0 Å². The van der Waals surface area contributed by atoms with E-state index < -0.39 is 49.5 Å². The molecule has 1 fully saturated rings. The Morgan fingerprint density at radius 3 is 1.08 bits per heavy atom. The Morgan fingerprint density at radius 2 is 0.747 bits per heavy atom. The highest BCUT2D eigenvalue weighted by Crippen LogP contribution is 2.24. The van der Waals surface area contributed by atoms with Gasteiger partial charge in [-0.25, -0.2) is 0 Å². The summed E-state index contributed by atoms with van der Waals surface area (Å²) in [5.74, 6) is -0.136. The highest BCUT2D eigenvalue weighted by Gasteiger charge is 2.44. The molecule has 0 aliphatic carbocycles. The van der Waals surface area contributed by atoms with Gasteiger partial charge in [-0.1, -0.05) is 315 Å². The molecule has 0 aromatic heterocycles. The smallest absolute Gasteiger partial charge is 0.220 e. The van der Waals surface area contributed by atoms with Gasteiger partial charge >= 0.3 is 0 Å². The second-order valence-electron chi connectivity index (χ2n) is 23.6. The van der Waals surface area contributed by atoms with Gasteiger partial charge in [0.1, 0.15) is 24.4 Å². The molecule has 0 bridgehead atoms. The van der Waals surface area contributed by atoms with Crippen molar-refractivity contribution in [2.75, 3.05) is 13.2 Å². The average molecular weight is 1060 g/mol. The summed E-state index contributed by atoms with van der Waals surface area (Å²) >= 11 is 0. The molecule has 6 N–H and O–H groups in total. The first-order chi connectivity index (χ1) is 36.8. The molecule has 75 heavy (non-hydrogen) atoms. The average Bonchev–Trinajstić information content (AvgIpc) is 3.41. The monoisotopic (exact) mass is 1060 g/mol. The molecule has 0 saturated carbocycles. The van der Waals surface area contributed by atoms with Crippen LogP contribution in [0, 0.1) is 0 Å². The molecule has 1 saturated heterocycles. The standard InChI is InChI=1S/C66H129NO8/c1-3-5-7-9-11-13-15-17-19-21-23-24-25-26-27-28-29-30-31-32-33-34-35-36-38-40-42-44-46-48-50-52-54-56-62(70)67-59(58-74-66-65(73)64(72)63(71)61(57-68)75-66)60(69)55-53-51-49-47-45-43-41-39-37-22-20-18-16-14-12-10-8-6-4-2/h26-27,59-61,63-66,68-69,71-73H,3-25,28-58H2,1-2H3,(H,67,70)/b27-26-. The van der Waals surface area contributed by atoms with Crippen LogP contribution >= 0.6 is 0 Å². The Labute approximate surface area is 465 Å². The molecule has 9 heteroatoms. The Kier molecular flexibility index (Phi) is 53.9. The molecular formula is C66H129NO8. The van der Waals surface area contributed by atoms with E-state index >= 15 is 0 Å². The van der Waals surface area contributed by atoms with Gasteiger partial charge in [0.05, 0.1) is 25.4 Å². The highest BCUT2D eigenvalue weighted by atomic mass is 16.7. The minimum atomic E-state index is -1.55. The molecule has 7 unspecified atom stereocenters. The first-order valence-electron chi connectivity index (χ1n) is 33.4. The summed E-state index contributed by atoms with van der Waals surface area (Å²) in [6.07, 6.45) is 64.2. The molecular weight excluding hydrogens is 935 g/mol. The van der Waals surface area contributed by atoms with Crippen molar-refractivity contribution in [2.24, 2.45) is 0 Å². The lowest BCUT2D eigenvalue weighted by atomic mass is 9.99. The molecule has 0 aromatic rings. The summed E-state index contributed by atoms with van der Waals surface area (Å²) in [5, 5.41) is 54.8. The summed E-state index contributed by atoms with van der Waals surface area (Å²) in [7, 11) is 0. The number of carbonyl (C=O) groups excluding carboxylic acids is 1. The Bertz CT molecular complexity index is 1190. The van der Waals surface area contributed by atoms with Crippen LogP contribution in [0.5, 0.6) is 0 Å². The van der Waals surface area contributed by atoms with Gasteiger partial charge in [0.2, 0.25) is 5.91 Å². The van der Waals surface area contributed by atoms with Crippen LogP contribution in [0.2, 0.25) is 0 Å². The first kappa shape index (κ1) is 71.9. The maximum absolute atomic E-state index is 13.1. The van der Waals surface area contributed by atoms with E-state index in [1.54, 1.807) is 0 Å². The van der Waals surface area contributed by atoms with Crippen LogP contribution in [0.3, 0.4) is 0 Å². The van der Waals surface area contributed by atoms with Gasteiger partial charge in [0, 0.05) is 6.42 Å². The molecule has 1 rings (SSSR count). The van der Waals surface area contributed by atoms with Gasteiger partial charge in [-0.2, -0.15) is 0 Å². The van der Waals surface area contributed by atoms with Crippen LogP contribution < -0.4 is 5.32 Å². The van der Waals surface area contributed by atoms with Crippen LogP contribution in [0.15, 0.2) is 12.2 Å². The normalized spacial score (nSPS) is 18.8. The van der Waals surface area contributed by atoms with E-state index in [2.05, 4.69) is 31.3 Å². The SMILES string of the molecule is CCCCCCCCCCCCCC/C=C\CCCCCCCCCCCCCCCCCCCC(=O)NC(COC1OC(CO)C(O)C(O)C1O)C(O)CCCCCCCCCCCCCCCCCCCCC. The number of hydrogen-bond acceptors (Lipinski definition) is 8. The van der Waals surface area contributed by atoms with Gasteiger partial charge in [-0.3, -0.25) is 4.79 Å². The lowest BCUT2D eigenvalue weighted by molar-refractivity contribution is -0.302. The number of aliphatic hydroxyl groups is 5. The van der Waals surface area contributed by atoms with Crippen LogP contribution in [-0.2, 0) is 14.3 Å². The quantitative estimate of drug-likeness (QED) is 0.0261. The van der Waals surface area contributed by atoms with Crippen molar-refractivity contribution < 1.29 is 39.8 Å². The zero-order valence-corrected chi connectivity index (χ0v) is 49.8. The first-order valence-corrected chi connectivity index (χ1v) is 33.4. The number of hydrogen-bond donors (Lipinski definition) is 6. The van der Waals surface area contributed by atoms with Crippen LogP contribution in [-0.4, -0.2) is 87.5 Å². The summed E-state index contributed by atoms with van der Waals surface area (Å²) < 4.78 is 11.4. The van der Waals surface area contributed by atoms with E-state index in [-0.39, 0.29) is 12.5 Å². The van der Waals surface area contributed by atoms with Gasteiger partial charge in [0.15, 0.2) is 6.29 Å². The van der Waals surface area contributed by atoms with E-state index in [0.717, 1.165) is 38.5 Å². The Hall–Kier alpha value is -1.07. The van der Waals surface area contributed by atoms with Crippen molar-refractivity contribution in [1.29, 1.82) is 0 Å². The molecule has 446 valence electrons. The van der Waals surface area contributed by atoms with Gasteiger partial charge in [0.25, 0.3) is 0 Å². The molecule has 0 aromatic carbocycles. The fourth-order valence-corrected chi connectivity index (χ4v) is 11.1. The molecule has 1 amide bonds. The summed E-state index contributed by atoms with van der Waals surface area (Å²) in [6, 6.07) is -0.716. The fourth-order valence-electron chi connectivity index (χ4n) is 11.1. The highest BCUT2D eigenvalue weighted by molar-refractivity contribution is 5.76. The number of allylic oxidation sites excluding steroid dienone is 2. The fraction of sp³-hybridized carbons (Fsp3) is 0.955. The summed E-state index contributed by atoms with van der Waals surface area (Å²) in [4.78, 5) is 13.1. The third kappa shape index (κ3) is 45.4. The van der Waals surface area contributed by atoms with Crippen molar-refractivity contribution in [3.05, 3.63) is 12.2 Å². The number of carbonyl (C=O) groups is 1.